The molecule has 0 aromatic rings. The van der Waals surface area contributed by atoms with E-state index in [4.69, 9.17) is 0 Å². The van der Waals surface area contributed by atoms with Gasteiger partial charge in [-0.25, -0.2) is 0 Å². The monoisotopic (exact) mass is 295 g/mol. The largest absolute Gasteiger partial charge is 0.393 e. The maximum atomic E-state index is 12.3. The summed E-state index contributed by atoms with van der Waals surface area (Å²) in [6.07, 6.45) is 12.5. The van der Waals surface area contributed by atoms with Gasteiger partial charge in [0.2, 0.25) is 5.91 Å². The number of unbranched alkanes of at least 4 members (excludes halogenated alkanes) is 1. The summed E-state index contributed by atoms with van der Waals surface area (Å²) in [6.45, 7) is 3.07. The highest BCUT2D eigenvalue weighted by molar-refractivity contribution is 5.78. The molecule has 2 fully saturated rings. The summed E-state index contributed by atoms with van der Waals surface area (Å²) in [4.78, 5) is 12.3. The van der Waals surface area contributed by atoms with Gasteiger partial charge in [-0.2, -0.15) is 0 Å². The second-order valence-corrected chi connectivity index (χ2v) is 7.28. The van der Waals surface area contributed by atoms with E-state index in [-0.39, 0.29) is 17.9 Å². The van der Waals surface area contributed by atoms with Crippen molar-refractivity contribution in [3.05, 3.63) is 0 Å². The lowest BCUT2D eigenvalue weighted by atomic mass is 9.79. The Bertz CT molecular complexity index is 302. The Morgan fingerprint density at radius 1 is 1.00 bits per heavy atom. The van der Waals surface area contributed by atoms with Crippen LogP contribution in [0.15, 0.2) is 0 Å². The van der Waals surface area contributed by atoms with Crippen LogP contribution in [-0.4, -0.2) is 23.7 Å². The summed E-state index contributed by atoms with van der Waals surface area (Å²) >= 11 is 0. The van der Waals surface area contributed by atoms with Crippen molar-refractivity contribution in [2.45, 2.75) is 83.7 Å². The van der Waals surface area contributed by atoms with Crippen LogP contribution in [0.2, 0.25) is 0 Å². The highest BCUT2D eigenvalue weighted by Crippen LogP contribution is 2.32. The Morgan fingerprint density at radius 2 is 1.62 bits per heavy atom. The molecule has 2 rings (SSSR count). The molecule has 2 aliphatic carbocycles. The molecular formula is C18H33NO2. The predicted molar refractivity (Wildman–Crippen MR) is 85.9 cm³/mol. The quantitative estimate of drug-likeness (QED) is 0.786. The van der Waals surface area contributed by atoms with Crippen molar-refractivity contribution in [2.75, 3.05) is 6.54 Å². The first-order chi connectivity index (χ1) is 10.2. The first kappa shape index (κ1) is 16.8. The first-order valence-electron chi connectivity index (χ1n) is 9.14. The minimum absolute atomic E-state index is 0.102. The molecule has 3 nitrogen and oxygen atoms in total. The minimum Gasteiger partial charge on any atom is -0.393 e. The first-order valence-corrected chi connectivity index (χ1v) is 9.14. The van der Waals surface area contributed by atoms with E-state index in [1.807, 2.05) is 0 Å². The van der Waals surface area contributed by atoms with E-state index in [0.29, 0.717) is 5.92 Å². The number of nitrogens with one attached hydrogen (secondary N) is 1. The number of aliphatic hydroxyl groups excluding tert-OH is 1. The molecule has 3 heteroatoms. The van der Waals surface area contributed by atoms with Crippen LogP contribution in [-0.2, 0) is 4.79 Å². The van der Waals surface area contributed by atoms with E-state index < -0.39 is 0 Å². The number of carbonyl (C=O) groups is 1. The van der Waals surface area contributed by atoms with Crippen molar-refractivity contribution in [3.8, 4) is 0 Å². The Kier molecular flexibility index (Phi) is 7.01. The molecule has 0 bridgehead atoms. The highest BCUT2D eigenvalue weighted by Gasteiger charge is 2.27. The lowest BCUT2D eigenvalue weighted by Crippen LogP contribution is -2.37. The Balaban J connectivity index is 1.61. The fourth-order valence-corrected chi connectivity index (χ4v) is 3.94. The average Bonchev–Trinajstić information content (AvgIpc) is 2.52. The van der Waals surface area contributed by atoms with Crippen LogP contribution in [0, 0.1) is 17.8 Å². The van der Waals surface area contributed by atoms with Crippen LogP contribution in [0.4, 0.5) is 0 Å². The number of aliphatic hydroxyl groups is 1. The zero-order valence-corrected chi connectivity index (χ0v) is 13.7. The van der Waals surface area contributed by atoms with E-state index in [9.17, 15) is 9.90 Å². The number of hydrogen-bond donors (Lipinski definition) is 2. The van der Waals surface area contributed by atoms with Gasteiger partial charge in [-0.3, -0.25) is 4.79 Å². The number of rotatable bonds is 6. The van der Waals surface area contributed by atoms with E-state index in [1.54, 1.807) is 0 Å². The molecule has 0 aromatic carbocycles. The predicted octanol–water partition coefficient (Wildman–Crippen LogP) is 3.65. The van der Waals surface area contributed by atoms with Crippen molar-refractivity contribution in [2.24, 2.45) is 17.8 Å². The molecule has 0 heterocycles. The molecule has 1 amide bonds. The van der Waals surface area contributed by atoms with Crippen molar-refractivity contribution in [1.29, 1.82) is 0 Å². The third-order valence-corrected chi connectivity index (χ3v) is 5.56. The molecule has 21 heavy (non-hydrogen) atoms. The maximum Gasteiger partial charge on any atom is 0.223 e. The molecule has 2 saturated carbocycles. The molecular weight excluding hydrogens is 262 g/mol. The molecule has 0 spiro atoms. The molecule has 0 saturated heterocycles. The Morgan fingerprint density at radius 3 is 2.24 bits per heavy atom. The molecule has 2 N–H and O–H groups in total. The minimum atomic E-state index is -0.102. The number of amides is 1. The highest BCUT2D eigenvalue weighted by atomic mass is 16.3. The second kappa shape index (κ2) is 8.77. The van der Waals surface area contributed by atoms with Gasteiger partial charge >= 0.3 is 0 Å². The lowest BCUT2D eigenvalue weighted by molar-refractivity contribution is -0.126. The van der Waals surface area contributed by atoms with E-state index in [0.717, 1.165) is 51.0 Å². The summed E-state index contributed by atoms with van der Waals surface area (Å²) in [5.74, 6) is 2.00. The third kappa shape index (κ3) is 5.61. The van der Waals surface area contributed by atoms with Crippen molar-refractivity contribution >= 4 is 5.91 Å². The van der Waals surface area contributed by atoms with Crippen molar-refractivity contribution in [1.82, 2.24) is 5.32 Å². The van der Waals surface area contributed by atoms with Crippen molar-refractivity contribution in [3.63, 3.8) is 0 Å². The smallest absolute Gasteiger partial charge is 0.223 e. The molecule has 0 aliphatic heterocycles. The summed E-state index contributed by atoms with van der Waals surface area (Å²) in [5, 5.41) is 12.7. The number of hydrogen-bond acceptors (Lipinski definition) is 2. The summed E-state index contributed by atoms with van der Waals surface area (Å²) in [7, 11) is 0. The van der Waals surface area contributed by atoms with E-state index in [1.165, 1.54) is 32.1 Å². The SMILES string of the molecule is CCCCC1CCC(C(=O)NCC2CCC(O)CC2)CC1. The van der Waals surface area contributed by atoms with Gasteiger partial charge in [0.15, 0.2) is 0 Å². The van der Waals surface area contributed by atoms with Crippen LogP contribution in [0.25, 0.3) is 0 Å². The summed E-state index contributed by atoms with van der Waals surface area (Å²) in [6, 6.07) is 0. The van der Waals surface area contributed by atoms with Gasteiger partial charge in [-0.15, -0.1) is 0 Å². The van der Waals surface area contributed by atoms with Gasteiger partial charge in [-0.05, 0) is 63.2 Å². The summed E-state index contributed by atoms with van der Waals surface area (Å²) < 4.78 is 0. The van der Waals surface area contributed by atoms with Crippen LogP contribution >= 0.6 is 0 Å². The van der Waals surface area contributed by atoms with Gasteiger partial charge < -0.3 is 10.4 Å². The fraction of sp³-hybridized carbons (Fsp3) is 0.944. The van der Waals surface area contributed by atoms with Gasteiger partial charge in [0.25, 0.3) is 0 Å². The third-order valence-electron chi connectivity index (χ3n) is 5.56. The molecule has 0 radical (unpaired) electrons. The maximum absolute atomic E-state index is 12.3. The van der Waals surface area contributed by atoms with Crippen LogP contribution < -0.4 is 5.32 Å². The zero-order valence-electron chi connectivity index (χ0n) is 13.7. The second-order valence-electron chi connectivity index (χ2n) is 7.28. The summed E-state index contributed by atoms with van der Waals surface area (Å²) in [5.41, 5.74) is 0. The van der Waals surface area contributed by atoms with Gasteiger partial charge in [-0.1, -0.05) is 26.2 Å². The van der Waals surface area contributed by atoms with Crippen LogP contribution in [0.1, 0.15) is 77.6 Å². The molecule has 0 unspecified atom stereocenters. The Labute approximate surface area is 129 Å². The topological polar surface area (TPSA) is 49.3 Å². The van der Waals surface area contributed by atoms with Crippen LogP contribution in [0.5, 0.6) is 0 Å². The average molecular weight is 295 g/mol. The standard InChI is InChI=1S/C18H33NO2/c1-2-3-4-14-5-9-16(10-6-14)18(21)19-13-15-7-11-17(20)12-8-15/h14-17,20H,2-13H2,1H3,(H,19,21). The van der Waals surface area contributed by atoms with Crippen molar-refractivity contribution < 1.29 is 9.90 Å². The number of carbonyl (C=O) groups excluding carboxylic acids is 1. The molecule has 0 atom stereocenters. The van der Waals surface area contributed by atoms with E-state index in [2.05, 4.69) is 12.2 Å². The fourth-order valence-electron chi connectivity index (χ4n) is 3.94. The van der Waals surface area contributed by atoms with E-state index >= 15 is 0 Å². The van der Waals surface area contributed by atoms with Gasteiger partial charge in [0.1, 0.15) is 0 Å². The van der Waals surface area contributed by atoms with Gasteiger partial charge in [0.05, 0.1) is 6.10 Å². The van der Waals surface area contributed by atoms with Gasteiger partial charge in [0, 0.05) is 12.5 Å². The molecule has 0 aromatic heterocycles. The normalized spacial score (nSPS) is 33.6. The molecule has 122 valence electrons. The Hall–Kier alpha value is -0.570. The molecule has 2 aliphatic rings. The lowest BCUT2D eigenvalue weighted by Gasteiger charge is -2.29. The van der Waals surface area contributed by atoms with Crippen LogP contribution in [0.3, 0.4) is 0 Å². The zero-order chi connectivity index (χ0) is 15.1.